The second kappa shape index (κ2) is 5.35. The van der Waals surface area contributed by atoms with E-state index in [0.717, 1.165) is 27.5 Å². The predicted molar refractivity (Wildman–Crippen MR) is 87.3 cm³/mol. The molecule has 0 fully saturated rings. The summed E-state index contributed by atoms with van der Waals surface area (Å²) >= 11 is 0. The SMILES string of the molecule is N#Cc1n[nH]nc1-c1ccc(-c2cncc3ccccc23)cc1. The first kappa shape index (κ1) is 13.2. The van der Waals surface area contributed by atoms with Crippen molar-refractivity contribution < 1.29 is 0 Å². The van der Waals surface area contributed by atoms with Gasteiger partial charge in [-0.25, -0.2) is 0 Å². The molecule has 0 unspecified atom stereocenters. The van der Waals surface area contributed by atoms with Gasteiger partial charge in [0.15, 0.2) is 5.69 Å². The van der Waals surface area contributed by atoms with Crippen molar-refractivity contribution in [1.29, 1.82) is 5.26 Å². The minimum atomic E-state index is 0.296. The van der Waals surface area contributed by atoms with E-state index in [0.29, 0.717) is 11.4 Å². The summed E-state index contributed by atoms with van der Waals surface area (Å²) < 4.78 is 0. The van der Waals surface area contributed by atoms with E-state index >= 15 is 0 Å². The third-order valence-corrected chi connectivity index (χ3v) is 3.79. The molecule has 0 spiro atoms. The van der Waals surface area contributed by atoms with Crippen LogP contribution in [0.25, 0.3) is 33.2 Å². The fraction of sp³-hybridized carbons (Fsp3) is 0. The molecular weight excluding hydrogens is 286 g/mol. The summed E-state index contributed by atoms with van der Waals surface area (Å²) in [6.07, 6.45) is 3.73. The number of hydrogen-bond donors (Lipinski definition) is 1. The predicted octanol–water partition coefficient (Wildman–Crippen LogP) is 3.56. The molecule has 5 heteroatoms. The summed E-state index contributed by atoms with van der Waals surface area (Å²) in [7, 11) is 0. The van der Waals surface area contributed by atoms with Gasteiger partial charge in [-0.1, -0.05) is 48.5 Å². The number of benzene rings is 2. The van der Waals surface area contributed by atoms with Crippen LogP contribution in [0.15, 0.2) is 60.9 Å². The topological polar surface area (TPSA) is 78.2 Å². The zero-order valence-electron chi connectivity index (χ0n) is 12.1. The van der Waals surface area contributed by atoms with Gasteiger partial charge >= 0.3 is 0 Å². The summed E-state index contributed by atoms with van der Waals surface area (Å²) in [5.41, 5.74) is 3.86. The Labute approximate surface area is 132 Å². The lowest BCUT2D eigenvalue weighted by Gasteiger charge is -2.07. The van der Waals surface area contributed by atoms with Crippen molar-refractivity contribution in [2.24, 2.45) is 0 Å². The molecule has 0 aliphatic carbocycles. The molecule has 4 aromatic rings. The molecule has 2 aromatic carbocycles. The first-order valence-electron chi connectivity index (χ1n) is 7.11. The van der Waals surface area contributed by atoms with Crippen LogP contribution >= 0.6 is 0 Å². The molecule has 0 atom stereocenters. The van der Waals surface area contributed by atoms with Crippen molar-refractivity contribution in [2.75, 3.05) is 0 Å². The largest absolute Gasteiger partial charge is 0.263 e. The van der Waals surface area contributed by atoms with Gasteiger partial charge in [-0.15, -0.1) is 5.10 Å². The van der Waals surface area contributed by atoms with Crippen LogP contribution < -0.4 is 0 Å². The zero-order chi connectivity index (χ0) is 15.6. The normalized spacial score (nSPS) is 10.6. The third kappa shape index (κ3) is 2.23. The van der Waals surface area contributed by atoms with Gasteiger partial charge in [-0.05, 0) is 10.9 Å². The van der Waals surface area contributed by atoms with E-state index in [4.69, 9.17) is 5.26 Å². The lowest BCUT2D eigenvalue weighted by Crippen LogP contribution is -1.86. The van der Waals surface area contributed by atoms with Gasteiger partial charge in [-0.3, -0.25) is 4.98 Å². The van der Waals surface area contributed by atoms with Gasteiger partial charge in [0.1, 0.15) is 11.8 Å². The Balaban J connectivity index is 1.81. The van der Waals surface area contributed by atoms with Crippen LogP contribution in [0.3, 0.4) is 0 Å². The number of H-pyrrole nitrogens is 1. The monoisotopic (exact) mass is 297 g/mol. The smallest absolute Gasteiger partial charge is 0.190 e. The van der Waals surface area contributed by atoms with Crippen LogP contribution in [0.2, 0.25) is 0 Å². The van der Waals surface area contributed by atoms with Crippen LogP contribution in [0.5, 0.6) is 0 Å². The molecule has 2 aromatic heterocycles. The number of rotatable bonds is 2. The van der Waals surface area contributed by atoms with Gasteiger partial charge in [-0.2, -0.15) is 15.6 Å². The van der Waals surface area contributed by atoms with E-state index < -0.39 is 0 Å². The Morgan fingerprint density at radius 1 is 0.870 bits per heavy atom. The van der Waals surface area contributed by atoms with Gasteiger partial charge in [0, 0.05) is 28.9 Å². The summed E-state index contributed by atoms with van der Waals surface area (Å²) in [6.45, 7) is 0. The molecule has 0 aliphatic heterocycles. The molecule has 5 nitrogen and oxygen atoms in total. The second-order valence-electron chi connectivity index (χ2n) is 5.12. The molecule has 2 heterocycles. The molecule has 0 saturated heterocycles. The van der Waals surface area contributed by atoms with Crippen molar-refractivity contribution in [1.82, 2.24) is 20.4 Å². The molecule has 1 N–H and O–H groups in total. The molecule has 23 heavy (non-hydrogen) atoms. The summed E-state index contributed by atoms with van der Waals surface area (Å²) in [5.74, 6) is 0. The third-order valence-electron chi connectivity index (χ3n) is 3.79. The minimum absolute atomic E-state index is 0.296. The maximum atomic E-state index is 9.04. The summed E-state index contributed by atoms with van der Waals surface area (Å²) in [4.78, 5) is 4.32. The van der Waals surface area contributed by atoms with E-state index in [1.165, 1.54) is 0 Å². The number of aromatic nitrogens is 4. The Hall–Kier alpha value is -3.52. The Bertz CT molecular complexity index is 1020. The van der Waals surface area contributed by atoms with Crippen LogP contribution in [-0.4, -0.2) is 20.4 Å². The standard InChI is InChI=1S/C18H11N5/c19-9-17-18(22-23-21-17)13-7-5-12(6-8-13)16-11-20-10-14-3-1-2-4-15(14)16/h1-8,10-11H,(H,21,22,23). The summed E-state index contributed by atoms with van der Waals surface area (Å²) in [6, 6.07) is 18.1. The van der Waals surface area contributed by atoms with Crippen molar-refractivity contribution in [3.8, 4) is 28.5 Å². The number of nitrogens with zero attached hydrogens (tertiary/aromatic N) is 4. The molecule has 0 bridgehead atoms. The first-order valence-corrected chi connectivity index (χ1v) is 7.11. The minimum Gasteiger partial charge on any atom is -0.263 e. The molecule has 108 valence electrons. The van der Waals surface area contributed by atoms with Crippen LogP contribution in [0, 0.1) is 11.3 Å². The highest BCUT2D eigenvalue weighted by Crippen LogP contribution is 2.29. The van der Waals surface area contributed by atoms with E-state index in [2.05, 4.69) is 32.5 Å². The average Bonchev–Trinajstić information content (AvgIpc) is 3.10. The van der Waals surface area contributed by atoms with Crippen LogP contribution in [0.4, 0.5) is 0 Å². The van der Waals surface area contributed by atoms with E-state index in [-0.39, 0.29) is 0 Å². The highest BCUT2D eigenvalue weighted by Gasteiger charge is 2.10. The Morgan fingerprint density at radius 3 is 2.48 bits per heavy atom. The number of aromatic amines is 1. The Morgan fingerprint density at radius 2 is 1.65 bits per heavy atom. The number of hydrogen-bond acceptors (Lipinski definition) is 4. The molecule has 0 radical (unpaired) electrons. The average molecular weight is 297 g/mol. The lowest BCUT2D eigenvalue weighted by molar-refractivity contribution is 0.937. The van der Waals surface area contributed by atoms with E-state index in [9.17, 15) is 0 Å². The number of fused-ring (bicyclic) bond motifs is 1. The molecule has 0 aliphatic rings. The van der Waals surface area contributed by atoms with Crippen molar-refractivity contribution in [2.45, 2.75) is 0 Å². The zero-order valence-corrected chi connectivity index (χ0v) is 12.1. The van der Waals surface area contributed by atoms with Gasteiger partial charge < -0.3 is 0 Å². The maximum Gasteiger partial charge on any atom is 0.190 e. The highest BCUT2D eigenvalue weighted by molar-refractivity contribution is 5.95. The molecular formula is C18H11N5. The number of pyridine rings is 1. The van der Waals surface area contributed by atoms with Gasteiger partial charge in [0.2, 0.25) is 0 Å². The van der Waals surface area contributed by atoms with Crippen molar-refractivity contribution >= 4 is 10.8 Å². The van der Waals surface area contributed by atoms with Crippen LogP contribution in [0.1, 0.15) is 5.69 Å². The fourth-order valence-corrected chi connectivity index (χ4v) is 2.66. The molecule has 0 saturated carbocycles. The van der Waals surface area contributed by atoms with E-state index in [1.807, 2.05) is 54.9 Å². The molecule has 4 rings (SSSR count). The summed E-state index contributed by atoms with van der Waals surface area (Å²) in [5, 5.41) is 21.7. The lowest BCUT2D eigenvalue weighted by atomic mass is 9.99. The Kier molecular flexibility index (Phi) is 3.06. The van der Waals surface area contributed by atoms with Crippen molar-refractivity contribution in [3.05, 3.63) is 66.6 Å². The maximum absolute atomic E-state index is 9.04. The van der Waals surface area contributed by atoms with E-state index in [1.54, 1.807) is 0 Å². The van der Waals surface area contributed by atoms with Crippen LogP contribution in [-0.2, 0) is 0 Å². The second-order valence-corrected chi connectivity index (χ2v) is 5.12. The van der Waals surface area contributed by atoms with Gasteiger partial charge in [0.05, 0.1) is 0 Å². The fourth-order valence-electron chi connectivity index (χ4n) is 2.66. The quantitative estimate of drug-likeness (QED) is 0.613. The molecule has 0 amide bonds. The highest BCUT2D eigenvalue weighted by atomic mass is 15.3. The first-order chi connectivity index (χ1) is 11.4. The number of nitrogens with one attached hydrogen (secondary N) is 1. The number of nitriles is 1. The van der Waals surface area contributed by atoms with Gasteiger partial charge in [0.25, 0.3) is 0 Å². The van der Waals surface area contributed by atoms with Crippen molar-refractivity contribution in [3.63, 3.8) is 0 Å².